The first-order valence-corrected chi connectivity index (χ1v) is 9.37. The molecule has 2 aromatic rings. The predicted octanol–water partition coefficient (Wildman–Crippen LogP) is 3.91. The van der Waals surface area contributed by atoms with Crippen molar-refractivity contribution in [3.63, 3.8) is 0 Å². The van der Waals surface area contributed by atoms with E-state index in [1.165, 1.54) is 18.2 Å². The number of fused-ring (bicyclic) bond motifs is 1. The molecule has 0 fully saturated rings. The zero-order valence-corrected chi connectivity index (χ0v) is 15.9. The van der Waals surface area contributed by atoms with Crippen LogP contribution in [0.3, 0.4) is 0 Å². The minimum absolute atomic E-state index is 0.0725. The van der Waals surface area contributed by atoms with Gasteiger partial charge in [-0.2, -0.15) is 0 Å². The van der Waals surface area contributed by atoms with Gasteiger partial charge in [0.2, 0.25) is 0 Å². The Balaban J connectivity index is 2.04. The Hall–Kier alpha value is -2.58. The molecule has 3 rings (SSSR count). The van der Waals surface area contributed by atoms with Crippen LogP contribution in [-0.2, 0) is 0 Å². The molecule has 1 heterocycles. The van der Waals surface area contributed by atoms with Gasteiger partial charge in [0.25, 0.3) is 5.69 Å². The van der Waals surface area contributed by atoms with Crippen molar-refractivity contribution in [2.24, 2.45) is 9.98 Å². The zero-order chi connectivity index (χ0) is 19.4. The molecule has 140 valence electrons. The Labute approximate surface area is 161 Å². The molecule has 1 aliphatic heterocycles. The minimum Gasteiger partial charge on any atom is -0.309 e. The summed E-state index contributed by atoms with van der Waals surface area (Å²) >= 11 is 1.59. The molecule has 0 aliphatic carbocycles. The molecule has 0 N–H and O–H groups in total. The van der Waals surface area contributed by atoms with Crippen LogP contribution in [0.5, 0.6) is 0 Å². The van der Waals surface area contributed by atoms with Crippen molar-refractivity contribution in [2.75, 3.05) is 32.9 Å². The van der Waals surface area contributed by atoms with Crippen molar-refractivity contribution in [3.8, 4) is 0 Å². The van der Waals surface area contributed by atoms with Crippen LogP contribution in [0, 0.1) is 15.9 Å². The van der Waals surface area contributed by atoms with Gasteiger partial charge in [-0.05, 0) is 32.3 Å². The van der Waals surface area contributed by atoms with E-state index in [2.05, 4.69) is 14.9 Å². The van der Waals surface area contributed by atoms with Crippen molar-refractivity contribution >= 4 is 33.9 Å². The van der Waals surface area contributed by atoms with E-state index >= 15 is 0 Å². The van der Waals surface area contributed by atoms with Gasteiger partial charge >= 0.3 is 0 Å². The second kappa shape index (κ2) is 8.41. The molecule has 0 saturated carbocycles. The number of nitrogens with zero attached hydrogens (tertiary/aromatic N) is 4. The topological polar surface area (TPSA) is 71.1 Å². The SMILES string of the molecule is CN(C)CCSC1=Nc2ccc([N+](=O)[O-])cc2C(c2ccccc2F)=NC1. The summed E-state index contributed by atoms with van der Waals surface area (Å²) in [6, 6.07) is 10.7. The summed E-state index contributed by atoms with van der Waals surface area (Å²) in [6.45, 7) is 1.20. The number of thioether (sulfide) groups is 1. The molecule has 0 atom stereocenters. The number of hydrogen-bond acceptors (Lipinski definition) is 6. The highest BCUT2D eigenvalue weighted by Gasteiger charge is 2.21. The van der Waals surface area contributed by atoms with Crippen LogP contribution in [0.15, 0.2) is 52.4 Å². The lowest BCUT2D eigenvalue weighted by atomic mass is 9.99. The van der Waals surface area contributed by atoms with Gasteiger partial charge in [-0.15, -0.1) is 11.8 Å². The molecule has 0 aromatic heterocycles. The summed E-state index contributed by atoms with van der Waals surface area (Å²) in [5.41, 5.74) is 1.66. The third kappa shape index (κ3) is 4.58. The first-order chi connectivity index (χ1) is 13.0. The quantitative estimate of drug-likeness (QED) is 0.577. The third-order valence-corrected chi connectivity index (χ3v) is 4.94. The Morgan fingerprint density at radius 3 is 2.70 bits per heavy atom. The highest BCUT2D eigenvalue weighted by atomic mass is 32.2. The number of rotatable bonds is 5. The lowest BCUT2D eigenvalue weighted by Crippen LogP contribution is -2.16. The van der Waals surface area contributed by atoms with Crippen LogP contribution in [0.2, 0.25) is 0 Å². The number of halogens is 1. The maximum absolute atomic E-state index is 14.4. The number of aliphatic imine (C=N–C) groups is 2. The summed E-state index contributed by atoms with van der Waals surface area (Å²) < 4.78 is 14.4. The van der Waals surface area contributed by atoms with E-state index in [1.54, 1.807) is 36.0 Å². The maximum Gasteiger partial charge on any atom is 0.270 e. The van der Waals surface area contributed by atoms with Gasteiger partial charge in [0, 0.05) is 35.6 Å². The van der Waals surface area contributed by atoms with E-state index in [0.29, 0.717) is 29.1 Å². The summed E-state index contributed by atoms with van der Waals surface area (Å²) in [4.78, 5) is 22.0. The van der Waals surface area contributed by atoms with Crippen molar-refractivity contribution in [2.45, 2.75) is 0 Å². The standard InChI is InChI=1S/C19H19FN4O2S/c1-23(2)9-10-27-18-12-21-19(14-5-3-4-6-16(14)20)15-11-13(24(25)26)7-8-17(15)22-18/h3-8,11H,9-10,12H2,1-2H3. The van der Waals surface area contributed by atoms with Gasteiger partial charge < -0.3 is 4.90 Å². The summed E-state index contributed by atoms with van der Waals surface area (Å²) in [6.07, 6.45) is 0. The number of hydrogen-bond donors (Lipinski definition) is 0. The van der Waals surface area contributed by atoms with Gasteiger partial charge in [-0.25, -0.2) is 9.38 Å². The summed E-state index contributed by atoms with van der Waals surface area (Å²) in [5, 5.41) is 12.0. The van der Waals surface area contributed by atoms with Crippen LogP contribution in [-0.4, -0.2) is 53.5 Å². The van der Waals surface area contributed by atoms with Crippen LogP contribution in [0.1, 0.15) is 11.1 Å². The first kappa shape index (κ1) is 19.2. The lowest BCUT2D eigenvalue weighted by molar-refractivity contribution is -0.384. The van der Waals surface area contributed by atoms with E-state index in [9.17, 15) is 14.5 Å². The molecule has 0 saturated heterocycles. The highest BCUT2D eigenvalue weighted by Crippen LogP contribution is 2.31. The fourth-order valence-electron chi connectivity index (χ4n) is 2.63. The molecule has 1 aliphatic rings. The van der Waals surface area contributed by atoms with Gasteiger partial charge in [-0.3, -0.25) is 15.1 Å². The third-order valence-electron chi connectivity index (χ3n) is 4.00. The Bertz CT molecular complexity index is 928. The normalized spacial score (nSPS) is 13.6. The average Bonchev–Trinajstić information content (AvgIpc) is 2.80. The van der Waals surface area contributed by atoms with Crippen LogP contribution in [0.4, 0.5) is 15.8 Å². The highest BCUT2D eigenvalue weighted by molar-refractivity contribution is 8.14. The minimum atomic E-state index is -0.472. The Morgan fingerprint density at radius 2 is 2.00 bits per heavy atom. The lowest BCUT2D eigenvalue weighted by Gasteiger charge is -2.09. The van der Waals surface area contributed by atoms with E-state index in [1.807, 2.05) is 14.1 Å². The Kier molecular flexibility index (Phi) is 5.98. The number of non-ortho nitro benzene ring substituents is 1. The monoisotopic (exact) mass is 386 g/mol. The summed E-state index contributed by atoms with van der Waals surface area (Å²) in [5.74, 6) is 0.427. The average molecular weight is 386 g/mol. The number of nitro groups is 1. The largest absolute Gasteiger partial charge is 0.309 e. The fraction of sp³-hybridized carbons (Fsp3) is 0.263. The van der Waals surface area contributed by atoms with E-state index in [0.717, 1.165) is 17.3 Å². The zero-order valence-electron chi connectivity index (χ0n) is 15.1. The van der Waals surface area contributed by atoms with Gasteiger partial charge in [-0.1, -0.05) is 12.1 Å². The molecule has 0 radical (unpaired) electrons. The van der Waals surface area contributed by atoms with E-state index in [4.69, 9.17) is 0 Å². The van der Waals surface area contributed by atoms with E-state index in [-0.39, 0.29) is 5.69 Å². The molecule has 0 bridgehead atoms. The van der Waals surface area contributed by atoms with Gasteiger partial charge in [0.05, 0.1) is 27.9 Å². The van der Waals surface area contributed by atoms with Crippen molar-refractivity contribution < 1.29 is 9.31 Å². The van der Waals surface area contributed by atoms with Crippen molar-refractivity contribution in [3.05, 3.63) is 69.5 Å². The molecule has 0 unspecified atom stereocenters. The molecule has 2 aromatic carbocycles. The number of benzene rings is 2. The second-order valence-electron chi connectivity index (χ2n) is 6.26. The molecule has 6 nitrogen and oxygen atoms in total. The van der Waals surface area contributed by atoms with Crippen LogP contribution < -0.4 is 0 Å². The maximum atomic E-state index is 14.4. The first-order valence-electron chi connectivity index (χ1n) is 8.39. The van der Waals surface area contributed by atoms with Crippen molar-refractivity contribution in [1.29, 1.82) is 0 Å². The van der Waals surface area contributed by atoms with Gasteiger partial charge in [0.1, 0.15) is 5.82 Å². The molecule has 27 heavy (non-hydrogen) atoms. The smallest absolute Gasteiger partial charge is 0.270 e. The molecular weight excluding hydrogens is 367 g/mol. The molecule has 8 heteroatoms. The second-order valence-corrected chi connectivity index (χ2v) is 7.43. The number of nitro benzene ring substituents is 1. The molecular formula is C19H19FN4O2S. The predicted molar refractivity (Wildman–Crippen MR) is 108 cm³/mol. The van der Waals surface area contributed by atoms with Crippen LogP contribution >= 0.6 is 11.8 Å². The van der Waals surface area contributed by atoms with E-state index < -0.39 is 10.7 Å². The molecule has 0 amide bonds. The van der Waals surface area contributed by atoms with Crippen LogP contribution in [0.25, 0.3) is 0 Å². The Morgan fingerprint density at radius 1 is 1.22 bits per heavy atom. The molecule has 0 spiro atoms. The summed E-state index contributed by atoms with van der Waals surface area (Å²) in [7, 11) is 4.00. The van der Waals surface area contributed by atoms with Crippen molar-refractivity contribution in [1.82, 2.24) is 4.90 Å². The fourth-order valence-corrected chi connectivity index (χ4v) is 3.64. The van der Waals surface area contributed by atoms with Gasteiger partial charge in [0.15, 0.2) is 0 Å².